The van der Waals surface area contributed by atoms with Crippen molar-refractivity contribution in [2.75, 3.05) is 35.3 Å². The van der Waals surface area contributed by atoms with Crippen LogP contribution in [0.5, 0.6) is 5.88 Å². The lowest BCUT2D eigenvalue weighted by molar-refractivity contribution is -0.119. The minimum absolute atomic E-state index is 0.157. The molecule has 7 rings (SSSR count). The molecule has 10 nitrogen and oxygen atoms in total. The van der Waals surface area contributed by atoms with E-state index in [1.807, 2.05) is 31.4 Å². The molecule has 3 aliphatic heterocycles. The molecule has 214 valence electrons. The van der Waals surface area contributed by atoms with Gasteiger partial charge in [0.2, 0.25) is 11.8 Å². The van der Waals surface area contributed by atoms with Crippen molar-refractivity contribution in [1.82, 2.24) is 19.5 Å². The Hall–Kier alpha value is -4.15. The number of benzene rings is 2. The predicted molar refractivity (Wildman–Crippen MR) is 161 cm³/mol. The van der Waals surface area contributed by atoms with Crippen molar-refractivity contribution in [2.24, 2.45) is 0 Å². The molecule has 1 N–H and O–H groups in total. The Kier molecular flexibility index (Phi) is 6.00. The first-order valence-corrected chi connectivity index (χ1v) is 14.4. The number of aryl methyl sites for hydroxylation is 1. The van der Waals surface area contributed by atoms with E-state index in [1.165, 1.54) is 4.90 Å². The molecule has 12 heteroatoms. The highest BCUT2D eigenvalue weighted by atomic mass is 35.5. The van der Waals surface area contributed by atoms with Crippen LogP contribution in [0.2, 0.25) is 10.0 Å². The molecule has 0 saturated carbocycles. The Morgan fingerprint density at radius 2 is 1.79 bits per heavy atom. The van der Waals surface area contributed by atoms with Gasteiger partial charge in [0.25, 0.3) is 11.8 Å². The van der Waals surface area contributed by atoms with Crippen molar-refractivity contribution in [1.29, 1.82) is 0 Å². The smallest absolute Gasteiger partial charge is 0.280 e. The van der Waals surface area contributed by atoms with Gasteiger partial charge in [-0.2, -0.15) is 4.98 Å². The second kappa shape index (κ2) is 9.43. The largest absolute Gasteiger partial charge is 0.480 e. The lowest BCUT2D eigenvalue weighted by Crippen LogP contribution is -2.51. The summed E-state index contributed by atoms with van der Waals surface area (Å²) in [7, 11) is 1.54. The molecular weight excluding hydrogens is 577 g/mol. The molecule has 1 atom stereocenters. The third-order valence-corrected chi connectivity index (χ3v) is 8.66. The molecule has 3 aliphatic rings. The summed E-state index contributed by atoms with van der Waals surface area (Å²) in [4.78, 5) is 46.7. The van der Waals surface area contributed by atoms with Crippen molar-refractivity contribution in [3.63, 3.8) is 0 Å². The normalized spacial score (nSPS) is 18.9. The maximum absolute atomic E-state index is 14.5. The van der Waals surface area contributed by atoms with Crippen LogP contribution >= 0.6 is 23.2 Å². The SMILES string of the molecule is COc1nc(N2CCC2)ncc1-c1nc2c(n1C(C)C)[C@]1(C(=O)Nc3cc(Cl)ccc31)N(c1cc(Cl)ccc1C)C2=O. The van der Waals surface area contributed by atoms with E-state index in [2.05, 4.69) is 20.2 Å². The van der Waals surface area contributed by atoms with Gasteiger partial charge in [0, 0.05) is 46.6 Å². The standard InChI is InChI=1S/C30H27Cl2N7O3/c1-15(2)38-24-23(35-25(38)19-14-33-29(36-26(19)42-4)37-10-5-11-37)27(40)39(22-13-18(32)7-6-16(22)3)30(24)20-9-8-17(31)12-21(20)34-28(30)41/h6-9,12-15H,5,10-11H2,1-4H3,(H,34,41)/t30-/m1/s1. The topological polar surface area (TPSA) is 105 Å². The number of hydrogen-bond donors (Lipinski definition) is 1. The van der Waals surface area contributed by atoms with Gasteiger partial charge < -0.3 is 19.5 Å². The number of anilines is 3. The van der Waals surface area contributed by atoms with Crippen LogP contribution in [0.1, 0.15) is 53.6 Å². The Balaban J connectivity index is 1.53. The van der Waals surface area contributed by atoms with E-state index in [-0.39, 0.29) is 11.7 Å². The first-order chi connectivity index (χ1) is 20.2. The highest BCUT2D eigenvalue weighted by molar-refractivity contribution is 6.32. The molecule has 2 amide bonds. The molecule has 2 aromatic heterocycles. The molecule has 0 bridgehead atoms. The average molecular weight is 604 g/mol. The Morgan fingerprint density at radius 3 is 2.48 bits per heavy atom. The molecule has 0 unspecified atom stereocenters. The monoisotopic (exact) mass is 603 g/mol. The number of nitrogens with one attached hydrogen (secondary N) is 1. The number of nitrogens with zero attached hydrogens (tertiary/aromatic N) is 6. The Labute approximate surface area is 252 Å². The number of fused-ring (bicyclic) bond motifs is 4. The van der Waals surface area contributed by atoms with Crippen molar-refractivity contribution < 1.29 is 14.3 Å². The molecule has 1 spiro atoms. The fraction of sp³-hybridized carbons (Fsp3) is 0.300. The quantitative estimate of drug-likeness (QED) is 0.316. The van der Waals surface area contributed by atoms with Crippen molar-refractivity contribution in [3.8, 4) is 17.3 Å². The lowest BCUT2D eigenvalue weighted by Gasteiger charge is -2.36. The minimum atomic E-state index is -1.58. The molecule has 1 saturated heterocycles. The molecular formula is C30H27Cl2N7O3. The summed E-state index contributed by atoms with van der Waals surface area (Å²) in [5, 5.41) is 3.89. The van der Waals surface area contributed by atoms with Crippen LogP contribution < -0.4 is 19.9 Å². The van der Waals surface area contributed by atoms with Gasteiger partial charge in [-0.3, -0.25) is 14.5 Å². The molecule has 1 fully saturated rings. The fourth-order valence-corrected chi connectivity index (χ4v) is 6.50. The van der Waals surface area contributed by atoms with E-state index in [1.54, 1.807) is 43.6 Å². The van der Waals surface area contributed by atoms with E-state index in [0.717, 1.165) is 25.1 Å². The summed E-state index contributed by atoms with van der Waals surface area (Å²) in [6, 6.07) is 10.3. The summed E-state index contributed by atoms with van der Waals surface area (Å²) < 4.78 is 7.63. The summed E-state index contributed by atoms with van der Waals surface area (Å²) in [6.45, 7) is 7.60. The van der Waals surface area contributed by atoms with Gasteiger partial charge in [-0.1, -0.05) is 35.3 Å². The molecule has 0 radical (unpaired) electrons. The first-order valence-electron chi connectivity index (χ1n) is 13.7. The number of carbonyl (C=O) groups is 2. The van der Waals surface area contributed by atoms with Crippen LogP contribution in [-0.4, -0.2) is 51.5 Å². The second-order valence-electron chi connectivity index (χ2n) is 11.0. The summed E-state index contributed by atoms with van der Waals surface area (Å²) >= 11 is 12.8. The van der Waals surface area contributed by atoms with Gasteiger partial charge in [-0.25, -0.2) is 9.97 Å². The number of carbonyl (C=O) groups excluding carboxylic acids is 2. The zero-order valence-electron chi connectivity index (χ0n) is 23.4. The van der Waals surface area contributed by atoms with E-state index < -0.39 is 17.4 Å². The molecule has 4 aromatic rings. The second-order valence-corrected chi connectivity index (χ2v) is 11.8. The lowest BCUT2D eigenvalue weighted by atomic mass is 9.86. The van der Waals surface area contributed by atoms with E-state index in [9.17, 15) is 9.59 Å². The van der Waals surface area contributed by atoms with Gasteiger partial charge in [0.1, 0.15) is 5.82 Å². The maximum atomic E-state index is 14.5. The number of aromatic nitrogens is 4. The Morgan fingerprint density at radius 1 is 1.05 bits per heavy atom. The van der Waals surface area contributed by atoms with Crippen LogP contribution in [0, 0.1) is 6.92 Å². The maximum Gasteiger partial charge on any atom is 0.280 e. The summed E-state index contributed by atoms with van der Waals surface area (Å²) in [6.07, 6.45) is 2.76. The van der Waals surface area contributed by atoms with Crippen LogP contribution in [0.4, 0.5) is 17.3 Å². The van der Waals surface area contributed by atoms with Crippen LogP contribution in [0.25, 0.3) is 11.4 Å². The van der Waals surface area contributed by atoms with Gasteiger partial charge in [0.15, 0.2) is 11.2 Å². The number of hydrogen-bond acceptors (Lipinski definition) is 7. The number of imidazole rings is 1. The third-order valence-electron chi connectivity index (χ3n) is 8.19. The van der Waals surface area contributed by atoms with E-state index in [0.29, 0.717) is 55.9 Å². The van der Waals surface area contributed by atoms with Crippen molar-refractivity contribution >= 4 is 52.3 Å². The van der Waals surface area contributed by atoms with Gasteiger partial charge in [-0.05, 0) is 57.0 Å². The van der Waals surface area contributed by atoms with Crippen LogP contribution in [-0.2, 0) is 10.3 Å². The number of methoxy groups -OCH3 is 1. The highest BCUT2D eigenvalue weighted by Crippen LogP contribution is 2.55. The fourth-order valence-electron chi connectivity index (χ4n) is 6.16. The van der Waals surface area contributed by atoms with Gasteiger partial charge >= 0.3 is 0 Å². The van der Waals surface area contributed by atoms with Crippen LogP contribution in [0.3, 0.4) is 0 Å². The van der Waals surface area contributed by atoms with Crippen molar-refractivity contribution in [3.05, 3.63) is 75.2 Å². The van der Waals surface area contributed by atoms with Gasteiger partial charge in [-0.15, -0.1) is 0 Å². The molecule has 5 heterocycles. The molecule has 0 aliphatic carbocycles. The highest BCUT2D eigenvalue weighted by Gasteiger charge is 2.64. The first kappa shape index (κ1) is 26.7. The predicted octanol–water partition coefficient (Wildman–Crippen LogP) is 5.61. The molecule has 42 heavy (non-hydrogen) atoms. The zero-order chi connectivity index (χ0) is 29.5. The van der Waals surface area contributed by atoms with Gasteiger partial charge in [0.05, 0.1) is 24.1 Å². The minimum Gasteiger partial charge on any atom is -0.480 e. The third kappa shape index (κ3) is 3.54. The van der Waals surface area contributed by atoms with Crippen LogP contribution in [0.15, 0.2) is 42.6 Å². The van der Waals surface area contributed by atoms with E-state index >= 15 is 0 Å². The average Bonchev–Trinajstić information content (AvgIpc) is 3.53. The van der Waals surface area contributed by atoms with E-state index in [4.69, 9.17) is 32.9 Å². The summed E-state index contributed by atoms with van der Waals surface area (Å²) in [5.74, 6) is 0.534. The number of rotatable bonds is 5. The molecule has 2 aromatic carbocycles. The number of ether oxygens (including phenoxy) is 1. The summed E-state index contributed by atoms with van der Waals surface area (Å²) in [5.41, 5.74) is 1.95. The Bertz CT molecular complexity index is 1820. The zero-order valence-corrected chi connectivity index (χ0v) is 24.9. The van der Waals surface area contributed by atoms with Crippen molar-refractivity contribution in [2.45, 2.75) is 38.8 Å². The number of amides is 2. The number of halogens is 2.